The van der Waals surface area contributed by atoms with Crippen molar-refractivity contribution in [1.29, 1.82) is 0 Å². The standard InChI is InChI=1S/C9H9N5O2S2/c1-5-11-9(18-13-5)17-8-3-6(12-10)2-7(4-8)14(15)16/h2-4,12H,10H2,1H3. The monoisotopic (exact) mass is 283 g/mol. The van der Waals surface area contributed by atoms with Gasteiger partial charge in [-0.1, -0.05) is 11.8 Å². The van der Waals surface area contributed by atoms with Gasteiger partial charge in [-0.05, 0) is 24.5 Å². The first kappa shape index (κ1) is 12.7. The van der Waals surface area contributed by atoms with Crippen molar-refractivity contribution in [3.8, 4) is 0 Å². The number of benzene rings is 1. The Bertz CT molecular complexity index is 586. The summed E-state index contributed by atoms with van der Waals surface area (Å²) in [5.74, 6) is 5.96. The first-order valence-electron chi connectivity index (χ1n) is 4.83. The summed E-state index contributed by atoms with van der Waals surface area (Å²) in [6, 6.07) is 4.56. The van der Waals surface area contributed by atoms with Crippen molar-refractivity contribution < 1.29 is 4.92 Å². The van der Waals surface area contributed by atoms with Gasteiger partial charge < -0.3 is 5.43 Å². The maximum atomic E-state index is 10.8. The van der Waals surface area contributed by atoms with Crippen LogP contribution in [0.15, 0.2) is 27.4 Å². The second-order valence-corrected chi connectivity index (χ2v) is 5.40. The van der Waals surface area contributed by atoms with Crippen molar-refractivity contribution >= 4 is 34.7 Å². The van der Waals surface area contributed by atoms with E-state index < -0.39 is 4.92 Å². The van der Waals surface area contributed by atoms with E-state index in [1.54, 1.807) is 13.0 Å². The van der Waals surface area contributed by atoms with Gasteiger partial charge >= 0.3 is 0 Å². The molecule has 0 saturated carbocycles. The number of nitrogens with two attached hydrogens (primary N) is 1. The number of anilines is 1. The van der Waals surface area contributed by atoms with Crippen LogP contribution < -0.4 is 11.3 Å². The van der Waals surface area contributed by atoms with Crippen molar-refractivity contribution in [2.75, 3.05) is 5.43 Å². The lowest BCUT2D eigenvalue weighted by Crippen LogP contribution is -2.07. The molecule has 0 atom stereocenters. The maximum Gasteiger partial charge on any atom is 0.272 e. The smallest absolute Gasteiger partial charge is 0.272 e. The molecule has 0 radical (unpaired) electrons. The van der Waals surface area contributed by atoms with Gasteiger partial charge in [0.1, 0.15) is 5.82 Å². The van der Waals surface area contributed by atoms with Crippen molar-refractivity contribution in [3.63, 3.8) is 0 Å². The molecule has 1 aromatic heterocycles. The minimum Gasteiger partial charge on any atom is -0.324 e. The summed E-state index contributed by atoms with van der Waals surface area (Å²) in [4.78, 5) is 15.2. The molecular formula is C9H9N5O2S2. The van der Waals surface area contributed by atoms with Crippen LogP contribution in [-0.2, 0) is 0 Å². The molecule has 1 aromatic carbocycles. The van der Waals surface area contributed by atoms with Gasteiger partial charge in [0.15, 0.2) is 4.34 Å². The molecule has 94 valence electrons. The zero-order valence-electron chi connectivity index (χ0n) is 9.28. The molecule has 18 heavy (non-hydrogen) atoms. The summed E-state index contributed by atoms with van der Waals surface area (Å²) >= 11 is 2.57. The van der Waals surface area contributed by atoms with E-state index in [-0.39, 0.29) is 5.69 Å². The van der Waals surface area contributed by atoms with Crippen LogP contribution >= 0.6 is 23.3 Å². The van der Waals surface area contributed by atoms with Crippen LogP contribution in [0.3, 0.4) is 0 Å². The molecule has 7 nitrogen and oxygen atoms in total. The Balaban J connectivity index is 2.32. The summed E-state index contributed by atoms with van der Waals surface area (Å²) in [6.45, 7) is 1.79. The van der Waals surface area contributed by atoms with Gasteiger partial charge in [-0.3, -0.25) is 16.0 Å². The van der Waals surface area contributed by atoms with E-state index in [0.29, 0.717) is 16.4 Å². The second-order valence-electron chi connectivity index (χ2n) is 3.33. The van der Waals surface area contributed by atoms with Gasteiger partial charge in [-0.2, -0.15) is 4.37 Å². The average Bonchev–Trinajstić information content (AvgIpc) is 2.74. The summed E-state index contributed by atoms with van der Waals surface area (Å²) in [7, 11) is 0. The van der Waals surface area contributed by atoms with Crippen molar-refractivity contribution in [2.45, 2.75) is 16.2 Å². The number of aromatic nitrogens is 2. The van der Waals surface area contributed by atoms with Crippen molar-refractivity contribution in [1.82, 2.24) is 9.36 Å². The van der Waals surface area contributed by atoms with Crippen LogP contribution in [0.2, 0.25) is 0 Å². The minimum atomic E-state index is -0.462. The third-order valence-corrected chi connectivity index (χ3v) is 3.80. The molecule has 0 fully saturated rings. The van der Waals surface area contributed by atoms with Gasteiger partial charge in [-0.15, -0.1) is 0 Å². The molecule has 0 saturated heterocycles. The van der Waals surface area contributed by atoms with E-state index in [9.17, 15) is 10.1 Å². The van der Waals surface area contributed by atoms with Gasteiger partial charge in [0.25, 0.3) is 5.69 Å². The number of nitro groups is 1. The molecule has 0 bridgehead atoms. The number of hydrazine groups is 1. The van der Waals surface area contributed by atoms with Crippen LogP contribution in [-0.4, -0.2) is 14.3 Å². The number of nitro benzene ring substituents is 1. The Hall–Kier alpha value is -1.71. The molecule has 0 amide bonds. The van der Waals surface area contributed by atoms with E-state index in [0.717, 1.165) is 4.34 Å². The SMILES string of the molecule is Cc1nsc(Sc2cc(NN)cc([N+](=O)[O-])c2)n1. The molecule has 0 aliphatic rings. The van der Waals surface area contributed by atoms with Crippen LogP contribution in [0.5, 0.6) is 0 Å². The Labute approximate surface area is 111 Å². The number of rotatable bonds is 4. The Kier molecular flexibility index (Phi) is 3.75. The lowest BCUT2D eigenvalue weighted by molar-refractivity contribution is -0.385. The van der Waals surface area contributed by atoms with Crippen molar-refractivity contribution in [3.05, 3.63) is 34.1 Å². The van der Waals surface area contributed by atoms with E-state index in [4.69, 9.17) is 5.84 Å². The third kappa shape index (κ3) is 2.94. The van der Waals surface area contributed by atoms with E-state index >= 15 is 0 Å². The molecule has 0 aliphatic heterocycles. The highest BCUT2D eigenvalue weighted by molar-refractivity contribution is 8.01. The normalized spacial score (nSPS) is 10.3. The summed E-state index contributed by atoms with van der Waals surface area (Å²) in [5, 5.41) is 10.8. The van der Waals surface area contributed by atoms with Crippen molar-refractivity contribution in [2.24, 2.45) is 5.84 Å². The molecule has 0 spiro atoms. The number of non-ortho nitro benzene ring substituents is 1. The second kappa shape index (κ2) is 5.29. The number of aryl methyl sites for hydroxylation is 1. The molecule has 0 unspecified atom stereocenters. The van der Waals surface area contributed by atoms with E-state index in [1.807, 2.05) is 0 Å². The third-order valence-electron chi connectivity index (χ3n) is 1.98. The summed E-state index contributed by atoms with van der Waals surface area (Å²) in [5.41, 5.74) is 2.86. The van der Waals surface area contributed by atoms with Crippen LogP contribution in [0.1, 0.15) is 5.82 Å². The topological polar surface area (TPSA) is 107 Å². The lowest BCUT2D eigenvalue weighted by atomic mass is 10.3. The van der Waals surface area contributed by atoms with E-state index in [1.165, 1.54) is 35.4 Å². The molecular weight excluding hydrogens is 274 g/mol. The Morgan fingerprint density at radius 1 is 1.50 bits per heavy atom. The Morgan fingerprint density at radius 2 is 2.28 bits per heavy atom. The highest BCUT2D eigenvalue weighted by Crippen LogP contribution is 2.33. The predicted molar refractivity (Wildman–Crippen MR) is 69.7 cm³/mol. The fourth-order valence-corrected chi connectivity index (χ4v) is 2.97. The van der Waals surface area contributed by atoms with E-state index in [2.05, 4.69) is 14.8 Å². The summed E-state index contributed by atoms with van der Waals surface area (Å²) < 4.78 is 4.78. The fraction of sp³-hybridized carbons (Fsp3) is 0.111. The highest BCUT2D eigenvalue weighted by atomic mass is 32.2. The fourth-order valence-electron chi connectivity index (χ4n) is 1.25. The largest absolute Gasteiger partial charge is 0.324 e. The number of hydrogen-bond acceptors (Lipinski definition) is 8. The zero-order valence-corrected chi connectivity index (χ0v) is 10.9. The molecule has 1 heterocycles. The number of nitrogen functional groups attached to an aromatic ring is 1. The molecule has 9 heteroatoms. The highest BCUT2D eigenvalue weighted by Gasteiger charge is 2.11. The predicted octanol–water partition coefficient (Wildman–Crippen LogP) is 2.19. The van der Waals surface area contributed by atoms with Gasteiger partial charge in [-0.25, -0.2) is 4.98 Å². The van der Waals surface area contributed by atoms with Crippen LogP contribution in [0.25, 0.3) is 0 Å². The number of hydrogen-bond donors (Lipinski definition) is 2. The molecule has 0 aliphatic carbocycles. The molecule has 3 N–H and O–H groups in total. The summed E-state index contributed by atoms with van der Waals surface area (Å²) in [6.07, 6.45) is 0. The number of nitrogens with one attached hydrogen (secondary N) is 1. The number of nitrogens with zero attached hydrogens (tertiary/aromatic N) is 3. The van der Waals surface area contributed by atoms with Crippen LogP contribution in [0.4, 0.5) is 11.4 Å². The lowest BCUT2D eigenvalue weighted by Gasteiger charge is -2.03. The Morgan fingerprint density at radius 3 is 2.83 bits per heavy atom. The first-order valence-corrected chi connectivity index (χ1v) is 6.42. The zero-order chi connectivity index (χ0) is 13.1. The van der Waals surface area contributed by atoms with Crippen LogP contribution in [0, 0.1) is 17.0 Å². The molecule has 2 rings (SSSR count). The average molecular weight is 283 g/mol. The maximum absolute atomic E-state index is 10.8. The van der Waals surface area contributed by atoms with Gasteiger partial charge in [0, 0.05) is 17.0 Å². The minimum absolute atomic E-state index is 0.0193. The molecule has 2 aromatic rings. The quantitative estimate of drug-likeness (QED) is 0.503. The van der Waals surface area contributed by atoms with Gasteiger partial charge in [0.2, 0.25) is 0 Å². The first-order chi connectivity index (χ1) is 8.58. The van der Waals surface area contributed by atoms with Gasteiger partial charge in [0.05, 0.1) is 10.6 Å².